The van der Waals surface area contributed by atoms with Gasteiger partial charge in [-0.05, 0) is 53.4 Å². The molecule has 0 spiro atoms. The van der Waals surface area contributed by atoms with Crippen molar-refractivity contribution in [1.82, 2.24) is 5.32 Å². The van der Waals surface area contributed by atoms with E-state index in [0.29, 0.717) is 10.4 Å². The first-order valence-electron chi connectivity index (χ1n) is 5.75. The Kier molecular flexibility index (Phi) is 5.90. The summed E-state index contributed by atoms with van der Waals surface area (Å²) in [4.78, 5) is 0. The van der Waals surface area contributed by atoms with Crippen LogP contribution in [0.2, 0.25) is 0 Å². The minimum absolute atomic E-state index is 0.0443. The summed E-state index contributed by atoms with van der Waals surface area (Å²) in [7, 11) is 0. The van der Waals surface area contributed by atoms with Crippen molar-refractivity contribution in [2.24, 2.45) is 0 Å². The average molecular weight is 323 g/mol. The van der Waals surface area contributed by atoms with Gasteiger partial charge < -0.3 is 5.32 Å². The Hall–Kier alpha value is -0.120. The van der Waals surface area contributed by atoms with Gasteiger partial charge in [-0.3, -0.25) is 0 Å². The van der Waals surface area contributed by atoms with Crippen molar-refractivity contribution >= 4 is 27.5 Å². The van der Waals surface area contributed by atoms with Crippen LogP contribution in [0.3, 0.4) is 0 Å². The van der Waals surface area contributed by atoms with E-state index in [1.807, 2.05) is 0 Å². The van der Waals surface area contributed by atoms with Crippen molar-refractivity contribution in [2.75, 3.05) is 5.88 Å². The number of hydrogen-bond acceptors (Lipinski definition) is 1. The highest BCUT2D eigenvalue weighted by molar-refractivity contribution is 9.10. The standard InChI is InChI=1S/C13H18BrClFN/c1-3-13(2,6-7-15)17-9-10-4-5-12(16)11(14)8-10/h4-5,8,17H,3,6-7,9H2,1-2H3. The lowest BCUT2D eigenvalue weighted by Gasteiger charge is -2.29. The fraction of sp³-hybridized carbons (Fsp3) is 0.538. The quantitative estimate of drug-likeness (QED) is 0.762. The summed E-state index contributed by atoms with van der Waals surface area (Å²) >= 11 is 8.99. The van der Waals surface area contributed by atoms with E-state index in [1.54, 1.807) is 12.1 Å². The molecule has 1 aromatic rings. The number of benzene rings is 1. The molecule has 0 saturated carbocycles. The normalized spacial score (nSPS) is 14.6. The number of alkyl halides is 1. The van der Waals surface area contributed by atoms with Crippen molar-refractivity contribution in [1.29, 1.82) is 0 Å². The number of halogens is 3. The molecule has 0 amide bonds. The first-order chi connectivity index (χ1) is 8.00. The van der Waals surface area contributed by atoms with Crippen LogP contribution in [0.5, 0.6) is 0 Å². The van der Waals surface area contributed by atoms with Crippen molar-refractivity contribution in [3.63, 3.8) is 0 Å². The maximum absolute atomic E-state index is 13.1. The van der Waals surface area contributed by atoms with E-state index in [2.05, 4.69) is 35.1 Å². The van der Waals surface area contributed by atoms with Crippen molar-refractivity contribution in [2.45, 2.75) is 38.8 Å². The minimum Gasteiger partial charge on any atom is -0.307 e. The summed E-state index contributed by atoms with van der Waals surface area (Å²) in [6.45, 7) is 5.02. The molecule has 0 heterocycles. The molecular weight excluding hydrogens is 305 g/mol. The molecular formula is C13H18BrClFN. The van der Waals surface area contributed by atoms with Gasteiger partial charge in [0.2, 0.25) is 0 Å². The molecule has 1 N–H and O–H groups in total. The molecule has 0 saturated heterocycles. The Morgan fingerprint density at radius 1 is 1.47 bits per heavy atom. The van der Waals surface area contributed by atoms with Gasteiger partial charge >= 0.3 is 0 Å². The van der Waals surface area contributed by atoms with Gasteiger partial charge in [-0.25, -0.2) is 4.39 Å². The molecule has 0 aliphatic carbocycles. The van der Waals surface area contributed by atoms with E-state index in [9.17, 15) is 4.39 Å². The van der Waals surface area contributed by atoms with Gasteiger partial charge in [-0.1, -0.05) is 13.0 Å². The molecule has 0 aromatic heterocycles. The first kappa shape index (κ1) is 14.9. The van der Waals surface area contributed by atoms with E-state index in [-0.39, 0.29) is 11.4 Å². The lowest BCUT2D eigenvalue weighted by Crippen LogP contribution is -2.41. The monoisotopic (exact) mass is 321 g/mol. The van der Waals surface area contributed by atoms with Gasteiger partial charge in [0.05, 0.1) is 4.47 Å². The Bertz CT molecular complexity index is 372. The molecule has 1 rings (SSSR count). The molecule has 17 heavy (non-hydrogen) atoms. The fourth-order valence-electron chi connectivity index (χ4n) is 1.56. The maximum atomic E-state index is 13.1. The van der Waals surface area contributed by atoms with Crippen LogP contribution in [0.1, 0.15) is 32.3 Å². The first-order valence-corrected chi connectivity index (χ1v) is 7.08. The fourth-order valence-corrected chi connectivity index (χ4v) is 2.41. The van der Waals surface area contributed by atoms with Crippen LogP contribution in [0.4, 0.5) is 4.39 Å². The van der Waals surface area contributed by atoms with Gasteiger partial charge in [0.1, 0.15) is 5.82 Å². The topological polar surface area (TPSA) is 12.0 Å². The molecule has 4 heteroatoms. The molecule has 0 bridgehead atoms. The lowest BCUT2D eigenvalue weighted by molar-refractivity contribution is 0.331. The maximum Gasteiger partial charge on any atom is 0.137 e. The van der Waals surface area contributed by atoms with Gasteiger partial charge in [0, 0.05) is 18.0 Å². The molecule has 1 nitrogen and oxygen atoms in total. The zero-order valence-electron chi connectivity index (χ0n) is 10.2. The SMILES string of the molecule is CCC(C)(CCCl)NCc1ccc(F)c(Br)c1. The van der Waals surface area contributed by atoms with Crippen molar-refractivity contribution < 1.29 is 4.39 Å². The third-order valence-corrected chi connectivity index (χ3v) is 3.93. The summed E-state index contributed by atoms with van der Waals surface area (Å²) in [5.41, 5.74) is 1.11. The highest BCUT2D eigenvalue weighted by atomic mass is 79.9. The number of nitrogens with one attached hydrogen (secondary N) is 1. The summed E-state index contributed by atoms with van der Waals surface area (Å²) in [5, 5.41) is 3.48. The van der Waals surface area contributed by atoms with Crippen LogP contribution in [-0.4, -0.2) is 11.4 Å². The van der Waals surface area contributed by atoms with Gasteiger partial charge in [0.15, 0.2) is 0 Å². The van der Waals surface area contributed by atoms with Crippen molar-refractivity contribution in [3.8, 4) is 0 Å². The molecule has 0 aliphatic heterocycles. The molecule has 0 radical (unpaired) electrons. The van der Waals surface area contributed by atoms with Crippen LogP contribution < -0.4 is 5.32 Å². The third kappa shape index (κ3) is 4.57. The van der Waals surface area contributed by atoms with Gasteiger partial charge in [-0.2, -0.15) is 0 Å². The molecule has 1 unspecified atom stereocenters. The second-order valence-corrected chi connectivity index (χ2v) is 5.69. The molecule has 1 atom stereocenters. The van der Waals surface area contributed by atoms with E-state index < -0.39 is 0 Å². The summed E-state index contributed by atoms with van der Waals surface area (Å²) in [6, 6.07) is 5.08. The highest BCUT2D eigenvalue weighted by Crippen LogP contribution is 2.19. The minimum atomic E-state index is -0.229. The molecule has 0 aliphatic rings. The summed E-state index contributed by atoms with van der Waals surface area (Å²) in [6.07, 6.45) is 1.94. The van der Waals surface area contributed by atoms with E-state index in [0.717, 1.165) is 24.9 Å². The third-order valence-electron chi connectivity index (χ3n) is 3.13. The zero-order chi connectivity index (χ0) is 12.9. The molecule has 0 fully saturated rings. The van der Waals surface area contributed by atoms with Crippen LogP contribution in [0.15, 0.2) is 22.7 Å². The Morgan fingerprint density at radius 2 is 2.18 bits per heavy atom. The average Bonchev–Trinajstić information content (AvgIpc) is 2.31. The largest absolute Gasteiger partial charge is 0.307 e. The van der Waals surface area contributed by atoms with Crippen LogP contribution in [0.25, 0.3) is 0 Å². The van der Waals surface area contributed by atoms with Gasteiger partial charge in [0.25, 0.3) is 0 Å². The van der Waals surface area contributed by atoms with Crippen LogP contribution in [-0.2, 0) is 6.54 Å². The van der Waals surface area contributed by atoms with E-state index in [1.165, 1.54) is 6.07 Å². The Labute approximate surface area is 116 Å². The number of hydrogen-bond donors (Lipinski definition) is 1. The predicted molar refractivity (Wildman–Crippen MR) is 75.0 cm³/mol. The smallest absolute Gasteiger partial charge is 0.137 e. The second-order valence-electron chi connectivity index (χ2n) is 4.46. The Morgan fingerprint density at radius 3 is 2.71 bits per heavy atom. The van der Waals surface area contributed by atoms with E-state index in [4.69, 9.17) is 11.6 Å². The number of rotatable bonds is 6. The summed E-state index contributed by atoms with van der Waals surface area (Å²) in [5.74, 6) is 0.414. The molecule has 96 valence electrons. The second kappa shape index (κ2) is 6.72. The Balaban J connectivity index is 2.62. The van der Waals surface area contributed by atoms with Crippen molar-refractivity contribution in [3.05, 3.63) is 34.1 Å². The van der Waals surface area contributed by atoms with Crippen LogP contribution >= 0.6 is 27.5 Å². The zero-order valence-corrected chi connectivity index (χ0v) is 12.5. The highest BCUT2D eigenvalue weighted by Gasteiger charge is 2.20. The predicted octanol–water partition coefficient (Wildman–Crippen LogP) is 4.48. The van der Waals surface area contributed by atoms with E-state index >= 15 is 0 Å². The molecule has 1 aromatic carbocycles. The lowest BCUT2D eigenvalue weighted by atomic mass is 9.95. The van der Waals surface area contributed by atoms with Gasteiger partial charge in [-0.15, -0.1) is 11.6 Å². The summed E-state index contributed by atoms with van der Waals surface area (Å²) < 4.78 is 13.6. The van der Waals surface area contributed by atoms with Crippen LogP contribution in [0, 0.1) is 5.82 Å².